The lowest BCUT2D eigenvalue weighted by atomic mass is 10.1. The van der Waals surface area contributed by atoms with E-state index < -0.39 is 0 Å². The Morgan fingerprint density at radius 2 is 1.31 bits per heavy atom. The van der Waals surface area contributed by atoms with Crippen molar-refractivity contribution < 1.29 is 0 Å². The quantitative estimate of drug-likeness (QED) is 0.534. The summed E-state index contributed by atoms with van der Waals surface area (Å²) in [5, 5.41) is 0. The van der Waals surface area contributed by atoms with Crippen LogP contribution in [0.5, 0.6) is 0 Å². The molecule has 0 bridgehead atoms. The van der Waals surface area contributed by atoms with Gasteiger partial charge in [0.15, 0.2) is 0 Å². The second-order valence-electron chi connectivity index (χ2n) is 6.21. The number of nitrogens with zero attached hydrogens (tertiary/aromatic N) is 2. The number of aromatic nitrogens is 2. The van der Waals surface area contributed by atoms with Gasteiger partial charge in [-0.15, -0.1) is 0 Å². The van der Waals surface area contributed by atoms with E-state index in [-0.39, 0.29) is 5.69 Å². The molecule has 0 saturated heterocycles. The first-order valence-electron chi connectivity index (χ1n) is 8.54. The highest BCUT2D eigenvalue weighted by Gasteiger charge is 2.13. The molecule has 0 aliphatic rings. The van der Waals surface area contributed by atoms with Crippen LogP contribution in [-0.2, 0) is 0 Å². The monoisotopic (exact) mass is 338 g/mol. The lowest BCUT2D eigenvalue weighted by Gasteiger charge is -2.14. The molecule has 26 heavy (non-hydrogen) atoms. The van der Waals surface area contributed by atoms with Crippen molar-refractivity contribution >= 4 is 0 Å². The molecule has 4 aromatic rings. The van der Waals surface area contributed by atoms with Crippen LogP contribution in [-0.4, -0.2) is 9.55 Å². The molecule has 0 fully saturated rings. The summed E-state index contributed by atoms with van der Waals surface area (Å²) in [5.41, 5.74) is 5.09. The first-order chi connectivity index (χ1) is 12.7. The molecule has 0 spiro atoms. The molecule has 0 atom stereocenters. The van der Waals surface area contributed by atoms with Crippen LogP contribution in [0.1, 0.15) is 5.56 Å². The number of aryl methyl sites for hydroxylation is 1. The standard InChI is InChI=1S/C23H18N2O/c1-17-12-14-20(15-13-17)25-22(19-10-6-3-7-11-19)16-21(24-23(25)26)18-8-4-2-5-9-18/h2-16H,1H3. The molecule has 3 nitrogen and oxygen atoms in total. The van der Waals surface area contributed by atoms with Gasteiger partial charge in [-0.3, -0.25) is 4.57 Å². The predicted molar refractivity (Wildman–Crippen MR) is 105 cm³/mol. The fourth-order valence-corrected chi connectivity index (χ4v) is 3.00. The predicted octanol–water partition coefficient (Wildman–Crippen LogP) is 4.87. The van der Waals surface area contributed by atoms with Crippen molar-refractivity contribution in [2.75, 3.05) is 0 Å². The zero-order valence-electron chi connectivity index (χ0n) is 14.5. The van der Waals surface area contributed by atoms with E-state index in [1.165, 1.54) is 0 Å². The summed E-state index contributed by atoms with van der Waals surface area (Å²) in [7, 11) is 0. The van der Waals surface area contributed by atoms with E-state index in [0.29, 0.717) is 5.69 Å². The van der Waals surface area contributed by atoms with Crippen LogP contribution in [0, 0.1) is 6.92 Å². The van der Waals surface area contributed by atoms with Crippen LogP contribution in [0.25, 0.3) is 28.2 Å². The van der Waals surface area contributed by atoms with Crippen molar-refractivity contribution in [3.8, 4) is 28.2 Å². The Morgan fingerprint density at radius 3 is 1.92 bits per heavy atom. The van der Waals surface area contributed by atoms with E-state index in [2.05, 4.69) is 4.98 Å². The Kier molecular flexibility index (Phi) is 4.20. The van der Waals surface area contributed by atoms with Crippen LogP contribution in [0.2, 0.25) is 0 Å². The molecule has 3 heteroatoms. The summed E-state index contributed by atoms with van der Waals surface area (Å²) >= 11 is 0. The molecular weight excluding hydrogens is 320 g/mol. The van der Waals surface area contributed by atoms with Gasteiger partial charge >= 0.3 is 5.69 Å². The second-order valence-corrected chi connectivity index (χ2v) is 6.21. The molecule has 0 N–H and O–H groups in total. The van der Waals surface area contributed by atoms with E-state index >= 15 is 0 Å². The fraction of sp³-hybridized carbons (Fsp3) is 0.0435. The molecule has 0 radical (unpaired) electrons. The smallest absolute Gasteiger partial charge is 0.260 e. The number of hydrogen-bond donors (Lipinski definition) is 0. The molecular formula is C23H18N2O. The van der Waals surface area contributed by atoms with Gasteiger partial charge in [0, 0.05) is 5.56 Å². The summed E-state index contributed by atoms with van der Waals surface area (Å²) in [4.78, 5) is 17.3. The summed E-state index contributed by atoms with van der Waals surface area (Å²) in [6.07, 6.45) is 0. The van der Waals surface area contributed by atoms with Crippen molar-refractivity contribution in [2.24, 2.45) is 0 Å². The number of benzene rings is 3. The highest BCUT2D eigenvalue weighted by atomic mass is 16.1. The van der Waals surface area contributed by atoms with E-state index in [1.54, 1.807) is 4.57 Å². The van der Waals surface area contributed by atoms with E-state index in [4.69, 9.17) is 0 Å². The average Bonchev–Trinajstić information content (AvgIpc) is 2.70. The van der Waals surface area contributed by atoms with Gasteiger partial charge in [-0.2, -0.15) is 4.98 Å². The maximum atomic E-state index is 12.9. The molecule has 0 aliphatic heterocycles. The molecule has 3 aromatic carbocycles. The topological polar surface area (TPSA) is 34.9 Å². The van der Waals surface area contributed by atoms with Crippen molar-refractivity contribution in [2.45, 2.75) is 6.92 Å². The highest BCUT2D eigenvalue weighted by molar-refractivity contribution is 5.69. The minimum Gasteiger partial charge on any atom is -0.260 e. The van der Waals surface area contributed by atoms with Crippen LogP contribution >= 0.6 is 0 Å². The Bertz CT molecular complexity index is 1080. The van der Waals surface area contributed by atoms with Crippen LogP contribution in [0.3, 0.4) is 0 Å². The van der Waals surface area contributed by atoms with Gasteiger partial charge in [0.2, 0.25) is 0 Å². The van der Waals surface area contributed by atoms with Crippen LogP contribution in [0.4, 0.5) is 0 Å². The largest absolute Gasteiger partial charge is 0.353 e. The molecule has 0 saturated carbocycles. The highest BCUT2D eigenvalue weighted by Crippen LogP contribution is 2.25. The van der Waals surface area contributed by atoms with E-state index in [0.717, 1.165) is 28.1 Å². The molecule has 0 amide bonds. The third-order valence-corrected chi connectivity index (χ3v) is 4.35. The Labute approximate surface area is 152 Å². The van der Waals surface area contributed by atoms with Gasteiger partial charge in [0.05, 0.1) is 17.1 Å². The van der Waals surface area contributed by atoms with Crippen LogP contribution < -0.4 is 5.69 Å². The third kappa shape index (κ3) is 3.07. The van der Waals surface area contributed by atoms with Gasteiger partial charge in [-0.1, -0.05) is 78.4 Å². The first-order valence-corrected chi connectivity index (χ1v) is 8.54. The molecule has 1 aromatic heterocycles. The van der Waals surface area contributed by atoms with Gasteiger partial charge in [-0.25, -0.2) is 4.79 Å². The average molecular weight is 338 g/mol. The van der Waals surface area contributed by atoms with Crippen molar-refractivity contribution in [1.29, 1.82) is 0 Å². The first kappa shape index (κ1) is 16.0. The van der Waals surface area contributed by atoms with Gasteiger partial charge in [-0.05, 0) is 30.7 Å². The molecule has 0 aliphatic carbocycles. The number of hydrogen-bond acceptors (Lipinski definition) is 2. The van der Waals surface area contributed by atoms with Gasteiger partial charge < -0.3 is 0 Å². The van der Waals surface area contributed by atoms with Gasteiger partial charge in [0.1, 0.15) is 0 Å². The molecule has 1 heterocycles. The summed E-state index contributed by atoms with van der Waals surface area (Å²) < 4.78 is 1.67. The minimum atomic E-state index is -0.283. The Balaban J connectivity index is 1.99. The zero-order valence-corrected chi connectivity index (χ0v) is 14.5. The molecule has 0 unspecified atom stereocenters. The van der Waals surface area contributed by atoms with Gasteiger partial charge in [0.25, 0.3) is 0 Å². The normalized spacial score (nSPS) is 10.7. The molecule has 126 valence electrons. The summed E-state index contributed by atoms with van der Waals surface area (Å²) in [6, 6.07) is 29.6. The summed E-state index contributed by atoms with van der Waals surface area (Å²) in [5.74, 6) is 0. The van der Waals surface area contributed by atoms with Crippen molar-refractivity contribution in [1.82, 2.24) is 9.55 Å². The lowest BCUT2D eigenvalue weighted by molar-refractivity contribution is 0.926. The maximum absolute atomic E-state index is 12.9. The van der Waals surface area contributed by atoms with E-state index in [9.17, 15) is 4.79 Å². The zero-order chi connectivity index (χ0) is 17.9. The Morgan fingerprint density at radius 1 is 0.731 bits per heavy atom. The third-order valence-electron chi connectivity index (χ3n) is 4.35. The number of rotatable bonds is 3. The van der Waals surface area contributed by atoms with Crippen molar-refractivity contribution in [3.63, 3.8) is 0 Å². The van der Waals surface area contributed by atoms with Crippen LogP contribution in [0.15, 0.2) is 95.8 Å². The SMILES string of the molecule is Cc1ccc(-n2c(-c3ccccc3)cc(-c3ccccc3)nc2=O)cc1. The second kappa shape index (κ2) is 6.81. The lowest BCUT2D eigenvalue weighted by Crippen LogP contribution is -2.23. The molecule has 4 rings (SSSR count). The fourth-order valence-electron chi connectivity index (χ4n) is 3.00. The maximum Gasteiger partial charge on any atom is 0.353 e. The van der Waals surface area contributed by atoms with E-state index in [1.807, 2.05) is 97.9 Å². The summed E-state index contributed by atoms with van der Waals surface area (Å²) in [6.45, 7) is 2.03. The van der Waals surface area contributed by atoms with Crippen molar-refractivity contribution in [3.05, 3.63) is 107 Å². The minimum absolute atomic E-state index is 0.283. The Hall–Kier alpha value is -3.46.